The number of ether oxygens (including phenoxy) is 2. The normalized spacial score (nSPS) is 34.8. The molecule has 0 radical (unpaired) electrons. The van der Waals surface area contributed by atoms with E-state index < -0.39 is 6.61 Å². The first kappa shape index (κ1) is 19.1. The summed E-state index contributed by atoms with van der Waals surface area (Å²) in [6, 6.07) is 0. The third-order valence-corrected chi connectivity index (χ3v) is 6.62. The molecule has 3 saturated carbocycles. The first-order valence-corrected chi connectivity index (χ1v) is 10.3. The zero-order chi connectivity index (χ0) is 17.6. The molecule has 0 aromatic rings. The molecule has 3 fully saturated rings. The molecule has 0 unspecified atom stereocenters. The van der Waals surface area contributed by atoms with Crippen LogP contribution in [-0.2, 0) is 14.3 Å². The van der Waals surface area contributed by atoms with Crippen LogP contribution in [-0.4, -0.2) is 24.8 Å². The van der Waals surface area contributed by atoms with E-state index in [0.717, 1.165) is 24.7 Å². The van der Waals surface area contributed by atoms with Gasteiger partial charge >= 0.3 is 12.6 Å². The minimum Gasteiger partial charge on any atom is -0.462 e. The topological polar surface area (TPSA) is 35.5 Å². The van der Waals surface area contributed by atoms with Crippen molar-refractivity contribution in [3.05, 3.63) is 0 Å². The van der Waals surface area contributed by atoms with Gasteiger partial charge in [0.2, 0.25) is 0 Å². The summed E-state index contributed by atoms with van der Waals surface area (Å²) in [7, 11) is 0. The van der Waals surface area contributed by atoms with Crippen molar-refractivity contribution in [3.8, 4) is 0 Å². The summed E-state index contributed by atoms with van der Waals surface area (Å²) in [4.78, 5) is 12.4. The Kier molecular flexibility index (Phi) is 7.08. The number of halogens is 2. The van der Waals surface area contributed by atoms with Crippen LogP contribution in [0.3, 0.4) is 0 Å². The highest BCUT2D eigenvalue weighted by atomic mass is 19.3. The van der Waals surface area contributed by atoms with Crippen molar-refractivity contribution in [1.82, 2.24) is 0 Å². The third kappa shape index (κ3) is 5.63. The van der Waals surface area contributed by atoms with E-state index in [2.05, 4.69) is 4.74 Å². The van der Waals surface area contributed by atoms with Gasteiger partial charge in [0, 0.05) is 0 Å². The van der Waals surface area contributed by atoms with E-state index in [-0.39, 0.29) is 24.1 Å². The Morgan fingerprint density at radius 1 is 0.720 bits per heavy atom. The summed E-state index contributed by atoms with van der Waals surface area (Å²) in [5, 5.41) is 0. The Morgan fingerprint density at radius 3 is 1.88 bits per heavy atom. The molecule has 0 aromatic carbocycles. The maximum absolute atomic E-state index is 12.4. The van der Waals surface area contributed by atoms with Gasteiger partial charge in [-0.1, -0.05) is 32.1 Å². The molecule has 25 heavy (non-hydrogen) atoms. The van der Waals surface area contributed by atoms with Crippen molar-refractivity contribution in [2.45, 2.75) is 102 Å². The maximum Gasteiger partial charge on any atom is 0.345 e. The molecule has 0 amide bonds. The number of carbonyl (C=O) groups excluding carboxylic acids is 1. The second-order valence-corrected chi connectivity index (χ2v) is 8.24. The molecule has 0 bridgehead atoms. The summed E-state index contributed by atoms with van der Waals surface area (Å²) in [6.45, 7) is -2.71. The van der Waals surface area contributed by atoms with Crippen LogP contribution >= 0.6 is 0 Å². The van der Waals surface area contributed by atoms with E-state index in [0.29, 0.717) is 25.7 Å². The molecule has 0 aliphatic heterocycles. The van der Waals surface area contributed by atoms with Gasteiger partial charge in [0.05, 0.1) is 12.0 Å². The lowest BCUT2D eigenvalue weighted by molar-refractivity contribution is -0.180. The third-order valence-electron chi connectivity index (χ3n) is 6.62. The average molecular weight is 358 g/mol. The van der Waals surface area contributed by atoms with Crippen molar-refractivity contribution < 1.29 is 23.0 Å². The molecular formula is C20H32F2O3. The molecule has 0 N–H and O–H groups in total. The molecule has 0 saturated heterocycles. The van der Waals surface area contributed by atoms with Crippen LogP contribution in [0.15, 0.2) is 0 Å². The minimum atomic E-state index is -2.71. The fourth-order valence-electron chi connectivity index (χ4n) is 5.12. The molecule has 0 spiro atoms. The number of alkyl halides is 2. The fourth-order valence-corrected chi connectivity index (χ4v) is 5.12. The predicted molar refractivity (Wildman–Crippen MR) is 91.2 cm³/mol. The maximum atomic E-state index is 12.4. The van der Waals surface area contributed by atoms with E-state index in [1.807, 2.05) is 0 Å². The van der Waals surface area contributed by atoms with E-state index in [1.165, 1.54) is 44.9 Å². The van der Waals surface area contributed by atoms with Crippen LogP contribution < -0.4 is 0 Å². The standard InChI is InChI=1S/C20H32F2O3/c21-20(22)25-18-12-10-17(11-13-18)24-19(23)16-8-6-15(7-9-16)14-4-2-1-3-5-14/h14-18,20H,1-13H2. The summed E-state index contributed by atoms with van der Waals surface area (Å²) >= 11 is 0. The molecule has 0 aromatic heterocycles. The SMILES string of the molecule is O=C(OC1CCC(OC(F)F)CC1)C1CCC(C2CCCCC2)CC1. The number of esters is 1. The van der Waals surface area contributed by atoms with Gasteiger partial charge in [0.1, 0.15) is 6.10 Å². The smallest absolute Gasteiger partial charge is 0.345 e. The number of rotatable bonds is 5. The van der Waals surface area contributed by atoms with Crippen molar-refractivity contribution in [2.24, 2.45) is 17.8 Å². The van der Waals surface area contributed by atoms with Gasteiger partial charge in [-0.05, 0) is 63.2 Å². The first-order chi connectivity index (χ1) is 12.1. The predicted octanol–water partition coefficient (Wildman–Crippen LogP) is 5.47. The zero-order valence-electron chi connectivity index (χ0n) is 15.1. The summed E-state index contributed by atoms with van der Waals surface area (Å²) in [6.07, 6.45) is 13.0. The van der Waals surface area contributed by atoms with Gasteiger partial charge in [-0.3, -0.25) is 4.79 Å². The Labute approximate surface area is 149 Å². The van der Waals surface area contributed by atoms with Gasteiger partial charge in [0.25, 0.3) is 0 Å². The van der Waals surface area contributed by atoms with E-state index in [1.54, 1.807) is 0 Å². The van der Waals surface area contributed by atoms with Crippen molar-refractivity contribution >= 4 is 5.97 Å². The number of hydrogen-bond donors (Lipinski definition) is 0. The molecular weight excluding hydrogens is 326 g/mol. The van der Waals surface area contributed by atoms with Crippen LogP contribution in [0, 0.1) is 17.8 Å². The highest BCUT2D eigenvalue weighted by Gasteiger charge is 2.33. The first-order valence-electron chi connectivity index (χ1n) is 10.3. The van der Waals surface area contributed by atoms with Crippen LogP contribution in [0.25, 0.3) is 0 Å². The van der Waals surface area contributed by atoms with Gasteiger partial charge in [-0.25, -0.2) is 0 Å². The lowest BCUT2D eigenvalue weighted by atomic mass is 9.71. The monoisotopic (exact) mass is 358 g/mol. The lowest BCUT2D eigenvalue weighted by Gasteiger charge is -2.36. The summed E-state index contributed by atoms with van der Waals surface area (Å²) in [5.74, 6) is 1.69. The Morgan fingerprint density at radius 2 is 1.28 bits per heavy atom. The second-order valence-electron chi connectivity index (χ2n) is 8.24. The minimum absolute atomic E-state index is 0.0508. The van der Waals surface area contributed by atoms with Gasteiger partial charge < -0.3 is 9.47 Å². The van der Waals surface area contributed by atoms with Crippen molar-refractivity contribution in [3.63, 3.8) is 0 Å². The van der Waals surface area contributed by atoms with Crippen molar-refractivity contribution in [2.75, 3.05) is 0 Å². The molecule has 3 aliphatic carbocycles. The van der Waals surface area contributed by atoms with E-state index >= 15 is 0 Å². The molecule has 0 heterocycles. The molecule has 5 heteroatoms. The lowest BCUT2D eigenvalue weighted by Crippen LogP contribution is -2.33. The van der Waals surface area contributed by atoms with Crippen LogP contribution in [0.2, 0.25) is 0 Å². The van der Waals surface area contributed by atoms with Crippen LogP contribution in [0.1, 0.15) is 83.5 Å². The molecule has 3 rings (SSSR count). The second kappa shape index (κ2) is 9.29. The molecule has 3 nitrogen and oxygen atoms in total. The largest absolute Gasteiger partial charge is 0.462 e. The Bertz CT molecular complexity index is 407. The van der Waals surface area contributed by atoms with Crippen molar-refractivity contribution in [1.29, 1.82) is 0 Å². The molecule has 0 atom stereocenters. The number of carbonyl (C=O) groups is 1. The highest BCUT2D eigenvalue weighted by molar-refractivity contribution is 5.72. The Balaban J connectivity index is 1.35. The van der Waals surface area contributed by atoms with Crippen LogP contribution in [0.4, 0.5) is 8.78 Å². The average Bonchev–Trinajstić information content (AvgIpc) is 2.64. The van der Waals surface area contributed by atoms with Crippen LogP contribution in [0.5, 0.6) is 0 Å². The van der Waals surface area contributed by atoms with Gasteiger partial charge in [-0.15, -0.1) is 0 Å². The molecule has 144 valence electrons. The number of hydrogen-bond acceptors (Lipinski definition) is 3. The zero-order valence-corrected chi connectivity index (χ0v) is 15.1. The Hall–Kier alpha value is -0.710. The summed E-state index contributed by atoms with van der Waals surface area (Å²) in [5.41, 5.74) is 0. The quantitative estimate of drug-likeness (QED) is 0.612. The van der Waals surface area contributed by atoms with E-state index in [4.69, 9.17) is 4.74 Å². The van der Waals surface area contributed by atoms with Gasteiger partial charge in [-0.2, -0.15) is 8.78 Å². The summed E-state index contributed by atoms with van der Waals surface area (Å²) < 4.78 is 34.7. The van der Waals surface area contributed by atoms with E-state index in [9.17, 15) is 13.6 Å². The fraction of sp³-hybridized carbons (Fsp3) is 0.950. The molecule has 3 aliphatic rings. The highest BCUT2D eigenvalue weighted by Crippen LogP contribution is 2.40. The van der Waals surface area contributed by atoms with Gasteiger partial charge in [0.15, 0.2) is 0 Å².